The SMILES string of the molecule is Cc1c(C)c(O)c(C(=O)Cc2ccccc2)c(CCC(C)(C)O)c1O. The Morgan fingerprint density at radius 1 is 1.00 bits per heavy atom. The Hall–Kier alpha value is -2.33. The van der Waals surface area contributed by atoms with Gasteiger partial charge in [0.15, 0.2) is 5.78 Å². The summed E-state index contributed by atoms with van der Waals surface area (Å²) in [6, 6.07) is 9.30. The summed E-state index contributed by atoms with van der Waals surface area (Å²) in [6.07, 6.45) is 0.819. The van der Waals surface area contributed by atoms with E-state index in [4.69, 9.17) is 0 Å². The number of hydrogen-bond donors (Lipinski definition) is 3. The molecule has 0 saturated heterocycles. The topological polar surface area (TPSA) is 77.8 Å². The van der Waals surface area contributed by atoms with Gasteiger partial charge in [-0.05, 0) is 57.2 Å². The number of aliphatic hydroxyl groups is 1. The van der Waals surface area contributed by atoms with Gasteiger partial charge in [0.1, 0.15) is 11.5 Å². The molecule has 0 fully saturated rings. The van der Waals surface area contributed by atoms with Crippen LogP contribution in [0.2, 0.25) is 0 Å². The van der Waals surface area contributed by atoms with Crippen LogP contribution >= 0.6 is 0 Å². The van der Waals surface area contributed by atoms with Gasteiger partial charge >= 0.3 is 0 Å². The molecule has 3 N–H and O–H groups in total. The molecular formula is C21H26O4. The van der Waals surface area contributed by atoms with Crippen molar-refractivity contribution in [3.63, 3.8) is 0 Å². The highest BCUT2D eigenvalue weighted by Crippen LogP contribution is 2.38. The zero-order valence-electron chi connectivity index (χ0n) is 15.3. The van der Waals surface area contributed by atoms with E-state index in [2.05, 4.69) is 0 Å². The van der Waals surface area contributed by atoms with E-state index in [1.54, 1.807) is 27.7 Å². The first-order chi connectivity index (χ1) is 11.6. The summed E-state index contributed by atoms with van der Waals surface area (Å²) in [5, 5.41) is 31.1. The number of Topliss-reactive ketones (excluding diaryl/α,β-unsaturated/α-hetero) is 1. The lowest BCUT2D eigenvalue weighted by Crippen LogP contribution is -2.20. The maximum Gasteiger partial charge on any atom is 0.171 e. The summed E-state index contributed by atoms with van der Waals surface area (Å²) in [4.78, 5) is 12.9. The monoisotopic (exact) mass is 342 g/mol. The molecule has 25 heavy (non-hydrogen) atoms. The maximum absolute atomic E-state index is 12.9. The number of rotatable bonds is 6. The zero-order chi connectivity index (χ0) is 18.8. The van der Waals surface area contributed by atoms with Gasteiger partial charge in [0.2, 0.25) is 0 Å². The fourth-order valence-electron chi connectivity index (χ4n) is 2.87. The zero-order valence-corrected chi connectivity index (χ0v) is 15.3. The van der Waals surface area contributed by atoms with Gasteiger partial charge in [-0.3, -0.25) is 4.79 Å². The maximum atomic E-state index is 12.9. The second-order valence-corrected chi connectivity index (χ2v) is 7.20. The Kier molecular flexibility index (Phi) is 5.53. The van der Waals surface area contributed by atoms with Crippen molar-refractivity contribution in [1.29, 1.82) is 0 Å². The van der Waals surface area contributed by atoms with Crippen molar-refractivity contribution in [3.8, 4) is 11.5 Å². The summed E-state index contributed by atoms with van der Waals surface area (Å²) in [5.74, 6) is -0.300. The van der Waals surface area contributed by atoms with Gasteiger partial charge in [0, 0.05) is 12.0 Å². The summed E-state index contributed by atoms with van der Waals surface area (Å²) in [6.45, 7) is 6.75. The molecule has 0 saturated carbocycles. The minimum absolute atomic E-state index is 0.0240. The molecule has 0 amide bonds. The quantitative estimate of drug-likeness (QED) is 0.550. The lowest BCUT2D eigenvalue weighted by molar-refractivity contribution is 0.0709. The molecule has 0 atom stereocenters. The van der Waals surface area contributed by atoms with Gasteiger partial charge in [-0.15, -0.1) is 0 Å². The molecule has 0 aliphatic heterocycles. The Balaban J connectivity index is 2.48. The molecule has 0 heterocycles. The highest BCUT2D eigenvalue weighted by Gasteiger charge is 2.25. The van der Waals surface area contributed by atoms with E-state index in [1.807, 2.05) is 30.3 Å². The van der Waals surface area contributed by atoms with Crippen LogP contribution in [-0.4, -0.2) is 26.7 Å². The normalized spacial score (nSPS) is 11.6. The Labute approximate surface area is 148 Å². The van der Waals surface area contributed by atoms with Crippen LogP contribution in [0.25, 0.3) is 0 Å². The van der Waals surface area contributed by atoms with E-state index in [-0.39, 0.29) is 29.3 Å². The first-order valence-electron chi connectivity index (χ1n) is 8.45. The number of phenolic OH excluding ortho intramolecular Hbond substituents is 2. The Morgan fingerprint density at radius 3 is 2.12 bits per heavy atom. The second-order valence-electron chi connectivity index (χ2n) is 7.20. The largest absolute Gasteiger partial charge is 0.507 e. The van der Waals surface area contributed by atoms with Crippen molar-refractivity contribution in [2.45, 2.75) is 52.6 Å². The molecular weight excluding hydrogens is 316 g/mol. The first kappa shape index (κ1) is 19.0. The lowest BCUT2D eigenvalue weighted by Gasteiger charge is -2.21. The van der Waals surface area contributed by atoms with Crippen molar-refractivity contribution in [2.75, 3.05) is 0 Å². The molecule has 2 aromatic rings. The highest BCUT2D eigenvalue weighted by atomic mass is 16.3. The van der Waals surface area contributed by atoms with Gasteiger partial charge in [-0.25, -0.2) is 0 Å². The number of ketones is 1. The molecule has 0 spiro atoms. The summed E-state index contributed by atoms with van der Waals surface area (Å²) in [7, 11) is 0. The van der Waals surface area contributed by atoms with E-state index in [0.29, 0.717) is 29.5 Å². The average molecular weight is 342 g/mol. The summed E-state index contributed by atoms with van der Waals surface area (Å²) in [5.41, 5.74) is 1.54. The predicted molar refractivity (Wildman–Crippen MR) is 98.3 cm³/mol. The third kappa shape index (κ3) is 4.40. The van der Waals surface area contributed by atoms with Gasteiger partial charge < -0.3 is 15.3 Å². The Morgan fingerprint density at radius 2 is 1.56 bits per heavy atom. The van der Waals surface area contributed by atoms with Crippen molar-refractivity contribution < 1.29 is 20.1 Å². The highest BCUT2D eigenvalue weighted by molar-refractivity contribution is 6.02. The molecule has 2 aromatic carbocycles. The van der Waals surface area contributed by atoms with E-state index >= 15 is 0 Å². The standard InChI is InChI=1S/C21H26O4/c1-13-14(2)20(24)18(16(19(13)23)10-11-21(3,4)25)17(22)12-15-8-6-5-7-9-15/h5-9,23-25H,10-12H2,1-4H3. The minimum atomic E-state index is -0.930. The van der Waals surface area contributed by atoms with E-state index in [9.17, 15) is 20.1 Å². The smallest absolute Gasteiger partial charge is 0.171 e. The third-order valence-electron chi connectivity index (χ3n) is 4.57. The first-order valence-corrected chi connectivity index (χ1v) is 8.45. The van der Waals surface area contributed by atoms with Crippen LogP contribution in [0.1, 0.15) is 52.9 Å². The molecule has 2 rings (SSSR count). The molecule has 0 aliphatic carbocycles. The molecule has 0 radical (unpaired) electrons. The minimum Gasteiger partial charge on any atom is -0.507 e. The summed E-state index contributed by atoms with van der Waals surface area (Å²) < 4.78 is 0. The second kappa shape index (κ2) is 7.28. The lowest BCUT2D eigenvalue weighted by atomic mass is 9.87. The molecule has 134 valence electrons. The molecule has 0 bridgehead atoms. The van der Waals surface area contributed by atoms with Crippen LogP contribution in [0.4, 0.5) is 0 Å². The Bertz CT molecular complexity index is 771. The van der Waals surface area contributed by atoms with Crippen LogP contribution in [0.5, 0.6) is 11.5 Å². The average Bonchev–Trinajstić information content (AvgIpc) is 2.54. The van der Waals surface area contributed by atoms with Crippen molar-refractivity contribution in [2.24, 2.45) is 0 Å². The van der Waals surface area contributed by atoms with Crippen LogP contribution in [0.3, 0.4) is 0 Å². The van der Waals surface area contributed by atoms with Crippen LogP contribution in [0.15, 0.2) is 30.3 Å². The third-order valence-corrected chi connectivity index (χ3v) is 4.57. The van der Waals surface area contributed by atoms with Crippen molar-refractivity contribution >= 4 is 5.78 Å². The van der Waals surface area contributed by atoms with Gasteiger partial charge in [-0.1, -0.05) is 30.3 Å². The van der Waals surface area contributed by atoms with Gasteiger partial charge in [0.05, 0.1) is 11.2 Å². The van der Waals surface area contributed by atoms with Crippen LogP contribution in [0, 0.1) is 13.8 Å². The number of aromatic hydroxyl groups is 2. The molecule has 0 unspecified atom stereocenters. The number of hydrogen-bond acceptors (Lipinski definition) is 4. The van der Waals surface area contributed by atoms with Crippen molar-refractivity contribution in [1.82, 2.24) is 0 Å². The fourth-order valence-corrected chi connectivity index (χ4v) is 2.87. The van der Waals surface area contributed by atoms with Gasteiger partial charge in [-0.2, -0.15) is 0 Å². The van der Waals surface area contributed by atoms with E-state index in [1.165, 1.54) is 0 Å². The fraction of sp³-hybridized carbons (Fsp3) is 0.381. The number of carbonyl (C=O) groups excluding carboxylic acids is 1. The molecule has 0 aliphatic rings. The van der Waals surface area contributed by atoms with E-state index < -0.39 is 5.60 Å². The van der Waals surface area contributed by atoms with Crippen LogP contribution < -0.4 is 0 Å². The molecule has 4 heteroatoms. The summed E-state index contributed by atoms with van der Waals surface area (Å²) >= 11 is 0. The molecule has 0 aromatic heterocycles. The van der Waals surface area contributed by atoms with E-state index in [0.717, 1.165) is 5.56 Å². The van der Waals surface area contributed by atoms with Crippen LogP contribution in [-0.2, 0) is 12.8 Å². The van der Waals surface area contributed by atoms with Crippen molar-refractivity contribution in [3.05, 3.63) is 58.1 Å². The number of phenols is 2. The predicted octanol–water partition coefficient (Wildman–Crippen LogP) is 3.84. The number of carbonyl (C=O) groups is 1. The number of benzene rings is 2. The molecule has 4 nitrogen and oxygen atoms in total. The van der Waals surface area contributed by atoms with Gasteiger partial charge in [0.25, 0.3) is 0 Å².